The van der Waals surface area contributed by atoms with Crippen LogP contribution in [0.25, 0.3) is 20.7 Å². The van der Waals surface area contributed by atoms with Crippen LogP contribution < -0.4 is 19.6 Å². The van der Waals surface area contributed by atoms with Gasteiger partial charge < -0.3 is 14.2 Å². The van der Waals surface area contributed by atoms with E-state index >= 15 is 0 Å². The Balaban J connectivity index is 1.66. The zero-order valence-corrected chi connectivity index (χ0v) is 18.5. The SMILES string of the molecule is COc1cc(OC)c(OC)cc1/C=N/Nc1nc(C)nc2sc(-c3ccccc3)cc12. The quantitative estimate of drug-likeness (QED) is 0.321. The number of fused-ring (bicyclic) bond motifs is 1. The highest BCUT2D eigenvalue weighted by Gasteiger charge is 2.13. The van der Waals surface area contributed by atoms with E-state index in [0.29, 0.717) is 28.9 Å². The van der Waals surface area contributed by atoms with Crippen LogP contribution in [0.4, 0.5) is 5.82 Å². The molecule has 0 aliphatic carbocycles. The number of benzene rings is 2. The molecule has 2 aromatic heterocycles. The lowest BCUT2D eigenvalue weighted by Crippen LogP contribution is -1.99. The van der Waals surface area contributed by atoms with E-state index in [2.05, 4.69) is 38.7 Å². The fourth-order valence-electron chi connectivity index (χ4n) is 3.17. The van der Waals surface area contributed by atoms with Crippen molar-refractivity contribution < 1.29 is 14.2 Å². The monoisotopic (exact) mass is 434 g/mol. The summed E-state index contributed by atoms with van der Waals surface area (Å²) in [6.45, 7) is 1.87. The van der Waals surface area contributed by atoms with E-state index in [9.17, 15) is 0 Å². The van der Waals surface area contributed by atoms with Crippen LogP contribution in [0.5, 0.6) is 17.2 Å². The number of hydrogen-bond acceptors (Lipinski definition) is 8. The molecule has 0 saturated heterocycles. The van der Waals surface area contributed by atoms with E-state index in [-0.39, 0.29) is 0 Å². The zero-order chi connectivity index (χ0) is 21.8. The molecule has 2 aromatic carbocycles. The summed E-state index contributed by atoms with van der Waals surface area (Å²) < 4.78 is 16.2. The minimum absolute atomic E-state index is 0.587. The molecule has 0 fully saturated rings. The van der Waals surface area contributed by atoms with Crippen molar-refractivity contribution >= 4 is 33.6 Å². The molecule has 0 bridgehead atoms. The second-order valence-electron chi connectivity index (χ2n) is 6.63. The highest BCUT2D eigenvalue weighted by atomic mass is 32.1. The van der Waals surface area contributed by atoms with Gasteiger partial charge in [-0.15, -0.1) is 11.3 Å². The number of anilines is 1. The maximum absolute atomic E-state index is 5.45. The predicted molar refractivity (Wildman–Crippen MR) is 125 cm³/mol. The van der Waals surface area contributed by atoms with Gasteiger partial charge >= 0.3 is 0 Å². The number of aromatic nitrogens is 2. The second kappa shape index (κ2) is 9.01. The summed E-state index contributed by atoms with van der Waals surface area (Å²) in [5.41, 5.74) is 4.94. The normalized spacial score (nSPS) is 11.1. The molecule has 0 amide bonds. The molecule has 0 aliphatic rings. The lowest BCUT2D eigenvalue weighted by molar-refractivity contribution is 0.349. The van der Waals surface area contributed by atoms with Crippen molar-refractivity contribution in [3.05, 3.63) is 59.9 Å². The van der Waals surface area contributed by atoms with Crippen molar-refractivity contribution in [1.82, 2.24) is 9.97 Å². The van der Waals surface area contributed by atoms with Crippen LogP contribution in [-0.2, 0) is 0 Å². The molecule has 158 valence electrons. The number of nitrogens with zero attached hydrogens (tertiary/aromatic N) is 3. The Hall–Kier alpha value is -3.65. The molecule has 0 aliphatic heterocycles. The third-order valence-electron chi connectivity index (χ3n) is 4.67. The van der Waals surface area contributed by atoms with E-state index in [0.717, 1.165) is 26.2 Å². The number of aryl methyl sites for hydroxylation is 1. The number of ether oxygens (including phenoxy) is 3. The Morgan fingerprint density at radius 1 is 0.903 bits per heavy atom. The molecular formula is C23H22N4O3S. The van der Waals surface area contributed by atoms with Crippen LogP contribution in [0.3, 0.4) is 0 Å². The Bertz CT molecular complexity index is 1240. The van der Waals surface area contributed by atoms with Crippen LogP contribution >= 0.6 is 11.3 Å². The summed E-state index contributed by atoms with van der Waals surface area (Å²) in [5.74, 6) is 3.13. The van der Waals surface area contributed by atoms with Gasteiger partial charge in [0.2, 0.25) is 0 Å². The fraction of sp³-hybridized carbons (Fsp3) is 0.174. The smallest absolute Gasteiger partial charge is 0.164 e. The lowest BCUT2D eigenvalue weighted by atomic mass is 10.2. The number of rotatable bonds is 7. The van der Waals surface area contributed by atoms with E-state index in [1.54, 1.807) is 44.9 Å². The summed E-state index contributed by atoms with van der Waals surface area (Å²) in [7, 11) is 4.77. The number of hydrazone groups is 1. The molecule has 31 heavy (non-hydrogen) atoms. The van der Waals surface area contributed by atoms with Crippen molar-refractivity contribution in [3.8, 4) is 27.7 Å². The molecule has 1 N–H and O–H groups in total. The summed E-state index contributed by atoms with van der Waals surface area (Å²) in [4.78, 5) is 11.2. The van der Waals surface area contributed by atoms with E-state index in [1.165, 1.54) is 0 Å². The van der Waals surface area contributed by atoms with Gasteiger partial charge in [-0.2, -0.15) is 5.10 Å². The van der Waals surface area contributed by atoms with Gasteiger partial charge in [-0.3, -0.25) is 5.43 Å². The maximum atomic E-state index is 5.45. The highest BCUT2D eigenvalue weighted by molar-refractivity contribution is 7.21. The molecule has 2 heterocycles. The van der Waals surface area contributed by atoms with E-state index < -0.39 is 0 Å². The first-order valence-electron chi connectivity index (χ1n) is 9.55. The molecule has 0 saturated carbocycles. The topological polar surface area (TPSA) is 77.9 Å². The number of methoxy groups -OCH3 is 3. The van der Waals surface area contributed by atoms with Gasteiger partial charge in [0.05, 0.1) is 32.9 Å². The average molecular weight is 435 g/mol. The molecule has 0 atom stereocenters. The summed E-state index contributed by atoms with van der Waals surface area (Å²) in [5, 5.41) is 5.31. The zero-order valence-electron chi connectivity index (χ0n) is 17.7. The highest BCUT2D eigenvalue weighted by Crippen LogP contribution is 2.36. The van der Waals surface area contributed by atoms with Crippen molar-refractivity contribution in [2.75, 3.05) is 26.8 Å². The first kappa shape index (κ1) is 20.6. The van der Waals surface area contributed by atoms with Gasteiger partial charge in [0.1, 0.15) is 16.4 Å². The van der Waals surface area contributed by atoms with Crippen LogP contribution in [0.2, 0.25) is 0 Å². The molecular weight excluding hydrogens is 412 g/mol. The van der Waals surface area contributed by atoms with Crippen LogP contribution in [0.1, 0.15) is 11.4 Å². The van der Waals surface area contributed by atoms with Gasteiger partial charge in [0.25, 0.3) is 0 Å². The van der Waals surface area contributed by atoms with Gasteiger partial charge in [0.15, 0.2) is 17.3 Å². The molecule has 0 unspecified atom stereocenters. The van der Waals surface area contributed by atoms with E-state index in [1.807, 2.05) is 31.2 Å². The Morgan fingerprint density at radius 2 is 1.61 bits per heavy atom. The first-order chi connectivity index (χ1) is 15.1. The first-order valence-corrected chi connectivity index (χ1v) is 10.4. The molecule has 8 heteroatoms. The van der Waals surface area contributed by atoms with Gasteiger partial charge in [-0.05, 0) is 24.6 Å². The lowest BCUT2D eigenvalue weighted by Gasteiger charge is -2.11. The predicted octanol–water partition coefficient (Wildman–Crippen LogP) is 5.14. The Morgan fingerprint density at radius 3 is 2.32 bits per heavy atom. The van der Waals surface area contributed by atoms with Crippen LogP contribution in [0, 0.1) is 6.92 Å². The number of nitrogens with one attached hydrogen (secondary N) is 1. The molecule has 4 rings (SSSR count). The molecule has 7 nitrogen and oxygen atoms in total. The van der Waals surface area contributed by atoms with Crippen molar-refractivity contribution in [3.63, 3.8) is 0 Å². The number of thiophene rings is 1. The number of hydrogen-bond donors (Lipinski definition) is 1. The van der Waals surface area contributed by atoms with Gasteiger partial charge in [0, 0.05) is 16.5 Å². The second-order valence-corrected chi connectivity index (χ2v) is 7.66. The van der Waals surface area contributed by atoms with Crippen molar-refractivity contribution in [2.24, 2.45) is 5.10 Å². The van der Waals surface area contributed by atoms with Crippen molar-refractivity contribution in [1.29, 1.82) is 0 Å². The van der Waals surface area contributed by atoms with Gasteiger partial charge in [-0.1, -0.05) is 30.3 Å². The minimum Gasteiger partial charge on any atom is -0.496 e. The Kier molecular flexibility index (Phi) is 5.99. The van der Waals surface area contributed by atoms with Crippen LogP contribution in [0.15, 0.2) is 53.6 Å². The third kappa shape index (κ3) is 4.29. The Labute approximate surface area is 184 Å². The standard InChI is InChI=1S/C23H22N4O3S/c1-14-25-22(17-11-21(31-23(17)26-14)15-8-6-5-7-9-15)27-24-13-16-10-19(29-3)20(30-4)12-18(16)28-2/h5-13H,1-4H3,(H,25,26,27)/b24-13+. The maximum Gasteiger partial charge on any atom is 0.164 e. The minimum atomic E-state index is 0.587. The van der Waals surface area contributed by atoms with Gasteiger partial charge in [-0.25, -0.2) is 9.97 Å². The molecule has 0 spiro atoms. The fourth-order valence-corrected chi connectivity index (χ4v) is 4.26. The average Bonchev–Trinajstić information content (AvgIpc) is 3.23. The van der Waals surface area contributed by atoms with Crippen molar-refractivity contribution in [2.45, 2.75) is 6.92 Å². The molecule has 4 aromatic rings. The molecule has 0 radical (unpaired) electrons. The van der Waals surface area contributed by atoms with Crippen LogP contribution in [-0.4, -0.2) is 37.5 Å². The third-order valence-corrected chi connectivity index (χ3v) is 5.75. The summed E-state index contributed by atoms with van der Waals surface area (Å²) >= 11 is 1.63. The van der Waals surface area contributed by atoms with E-state index in [4.69, 9.17) is 14.2 Å². The largest absolute Gasteiger partial charge is 0.496 e. The summed E-state index contributed by atoms with van der Waals surface area (Å²) in [6.07, 6.45) is 1.66. The summed E-state index contributed by atoms with van der Waals surface area (Å²) in [6, 6.07) is 15.9.